The van der Waals surface area contributed by atoms with E-state index in [0.717, 1.165) is 10.9 Å². The number of rotatable bonds is 6. The van der Waals surface area contributed by atoms with E-state index < -0.39 is 11.4 Å². The highest BCUT2D eigenvalue weighted by molar-refractivity contribution is 6.31. The number of aromatic nitrogens is 2. The lowest BCUT2D eigenvalue weighted by atomic mass is 9.85. The Labute approximate surface area is 223 Å². The Morgan fingerprint density at radius 1 is 1.18 bits per heavy atom. The number of hydrogen-bond donors (Lipinski definition) is 1. The molecule has 0 saturated carbocycles. The van der Waals surface area contributed by atoms with Crippen LogP contribution in [0.5, 0.6) is 11.5 Å². The van der Waals surface area contributed by atoms with Gasteiger partial charge in [-0.3, -0.25) is 9.78 Å². The first-order valence-electron chi connectivity index (χ1n) is 12.2. The summed E-state index contributed by atoms with van der Waals surface area (Å²) in [5, 5.41) is 3.81. The van der Waals surface area contributed by atoms with Crippen LogP contribution in [-0.4, -0.2) is 42.7 Å². The van der Waals surface area contributed by atoms with Gasteiger partial charge in [-0.25, -0.2) is 9.37 Å². The summed E-state index contributed by atoms with van der Waals surface area (Å²) in [6.45, 7) is 5.28. The van der Waals surface area contributed by atoms with Gasteiger partial charge in [-0.1, -0.05) is 31.5 Å². The smallest absolute Gasteiger partial charge is 0.251 e. The van der Waals surface area contributed by atoms with Crippen molar-refractivity contribution in [2.24, 2.45) is 0 Å². The molecule has 1 atom stereocenters. The van der Waals surface area contributed by atoms with Crippen molar-refractivity contribution in [3.63, 3.8) is 0 Å². The SMILES string of the molecule is COc1cc(C(=O)NCC2(c3cc4c(c(-c5ccc(F)c(Cl)c5)n3)OCC4(C)C)CO2)cc2cccnc12. The van der Waals surface area contributed by atoms with Crippen LogP contribution >= 0.6 is 11.6 Å². The maximum absolute atomic E-state index is 13.9. The predicted molar refractivity (Wildman–Crippen MR) is 141 cm³/mol. The Morgan fingerprint density at radius 2 is 2.00 bits per heavy atom. The summed E-state index contributed by atoms with van der Waals surface area (Å²) < 4.78 is 31.3. The average Bonchev–Trinajstić information content (AvgIpc) is 3.65. The summed E-state index contributed by atoms with van der Waals surface area (Å²) in [6.07, 6.45) is 1.68. The number of fused-ring (bicyclic) bond motifs is 2. The van der Waals surface area contributed by atoms with Crippen molar-refractivity contribution in [3.8, 4) is 22.8 Å². The fourth-order valence-electron chi connectivity index (χ4n) is 4.78. The van der Waals surface area contributed by atoms with E-state index in [9.17, 15) is 9.18 Å². The monoisotopic (exact) mass is 533 g/mol. The number of carbonyl (C=O) groups excluding carboxylic acids is 1. The van der Waals surface area contributed by atoms with E-state index >= 15 is 0 Å². The van der Waals surface area contributed by atoms with Gasteiger partial charge in [0, 0.05) is 33.7 Å². The van der Waals surface area contributed by atoms with Gasteiger partial charge in [0.2, 0.25) is 0 Å². The number of nitrogens with one attached hydrogen (secondary N) is 1. The second kappa shape index (κ2) is 8.92. The van der Waals surface area contributed by atoms with Crippen LogP contribution in [0, 0.1) is 5.82 Å². The zero-order valence-corrected chi connectivity index (χ0v) is 21.9. The highest BCUT2D eigenvalue weighted by Gasteiger charge is 2.50. The van der Waals surface area contributed by atoms with Gasteiger partial charge in [0.25, 0.3) is 5.91 Å². The molecule has 9 heteroatoms. The summed E-state index contributed by atoms with van der Waals surface area (Å²) in [5.41, 5.74) is 2.95. The van der Waals surface area contributed by atoms with Gasteiger partial charge in [-0.05, 0) is 42.5 Å². The van der Waals surface area contributed by atoms with Gasteiger partial charge in [0.1, 0.15) is 28.5 Å². The van der Waals surface area contributed by atoms with Crippen molar-refractivity contribution in [2.45, 2.75) is 24.9 Å². The molecule has 1 fully saturated rings. The van der Waals surface area contributed by atoms with Gasteiger partial charge >= 0.3 is 0 Å². The second-order valence-electron chi connectivity index (χ2n) is 10.3. The number of benzene rings is 2. The molecule has 0 bridgehead atoms. The van der Waals surface area contributed by atoms with Crippen molar-refractivity contribution < 1.29 is 23.4 Å². The van der Waals surface area contributed by atoms with Crippen LogP contribution < -0.4 is 14.8 Å². The molecule has 194 valence electrons. The highest BCUT2D eigenvalue weighted by atomic mass is 35.5. The van der Waals surface area contributed by atoms with E-state index in [1.165, 1.54) is 6.07 Å². The summed E-state index contributed by atoms with van der Waals surface area (Å²) in [4.78, 5) is 22.4. The third-order valence-electron chi connectivity index (χ3n) is 7.12. The molecule has 2 aliphatic heterocycles. The normalized spacial score (nSPS) is 19.1. The molecule has 0 aliphatic carbocycles. The van der Waals surface area contributed by atoms with Gasteiger partial charge < -0.3 is 19.5 Å². The Morgan fingerprint density at radius 3 is 2.74 bits per heavy atom. The molecule has 7 nitrogen and oxygen atoms in total. The lowest BCUT2D eigenvalue weighted by Crippen LogP contribution is -2.34. The Hall–Kier alpha value is -3.75. The molecule has 38 heavy (non-hydrogen) atoms. The molecule has 4 aromatic rings. The fourth-order valence-corrected chi connectivity index (χ4v) is 4.96. The van der Waals surface area contributed by atoms with E-state index in [-0.39, 0.29) is 22.9 Å². The molecule has 2 aromatic carbocycles. The third-order valence-corrected chi connectivity index (χ3v) is 7.41. The topological polar surface area (TPSA) is 85.9 Å². The zero-order valence-electron chi connectivity index (χ0n) is 21.1. The van der Waals surface area contributed by atoms with E-state index in [1.54, 1.807) is 37.6 Å². The number of amides is 1. The predicted octanol–water partition coefficient (Wildman–Crippen LogP) is 5.42. The van der Waals surface area contributed by atoms with Crippen LogP contribution in [0.4, 0.5) is 4.39 Å². The quantitative estimate of drug-likeness (QED) is 0.333. The minimum absolute atomic E-state index is 0.00590. The van der Waals surface area contributed by atoms with Crippen LogP contribution in [0.15, 0.2) is 54.7 Å². The first-order valence-corrected chi connectivity index (χ1v) is 12.6. The first-order chi connectivity index (χ1) is 18.2. The van der Waals surface area contributed by atoms with Crippen molar-refractivity contribution in [2.75, 3.05) is 26.9 Å². The summed E-state index contributed by atoms with van der Waals surface area (Å²) in [5.74, 6) is 0.406. The van der Waals surface area contributed by atoms with Crippen molar-refractivity contribution in [1.29, 1.82) is 0 Å². The molecular formula is C29H25ClFN3O4. The van der Waals surface area contributed by atoms with Gasteiger partial charge in [-0.2, -0.15) is 0 Å². The van der Waals surface area contributed by atoms with E-state index in [2.05, 4.69) is 24.1 Å². The number of pyridine rings is 2. The number of hydrogen-bond acceptors (Lipinski definition) is 6. The molecule has 1 unspecified atom stereocenters. The summed E-state index contributed by atoms with van der Waals surface area (Å²) in [6, 6.07) is 13.6. The Balaban J connectivity index is 1.33. The van der Waals surface area contributed by atoms with Crippen LogP contribution in [0.1, 0.15) is 35.5 Å². The Kier molecular flexibility index (Phi) is 5.77. The maximum Gasteiger partial charge on any atom is 0.251 e. The van der Waals surface area contributed by atoms with Crippen LogP contribution in [0.2, 0.25) is 5.02 Å². The third kappa shape index (κ3) is 4.14. The van der Waals surface area contributed by atoms with Crippen molar-refractivity contribution >= 4 is 28.4 Å². The zero-order chi connectivity index (χ0) is 26.7. The number of epoxide rings is 1. The second-order valence-corrected chi connectivity index (χ2v) is 10.7. The van der Waals surface area contributed by atoms with E-state index in [1.807, 2.05) is 18.2 Å². The minimum atomic E-state index is -0.787. The van der Waals surface area contributed by atoms with E-state index in [0.29, 0.717) is 52.7 Å². The largest absolute Gasteiger partial charge is 0.494 e. The average molecular weight is 534 g/mol. The molecule has 2 aromatic heterocycles. The van der Waals surface area contributed by atoms with Gasteiger partial charge in [-0.15, -0.1) is 0 Å². The lowest BCUT2D eigenvalue weighted by molar-refractivity contribution is 0.0940. The molecule has 4 heterocycles. The fraction of sp³-hybridized carbons (Fsp3) is 0.276. The van der Waals surface area contributed by atoms with Gasteiger partial charge in [0.15, 0.2) is 5.60 Å². The minimum Gasteiger partial charge on any atom is -0.494 e. The van der Waals surface area contributed by atoms with Crippen LogP contribution in [0.3, 0.4) is 0 Å². The van der Waals surface area contributed by atoms with Crippen LogP contribution in [-0.2, 0) is 15.8 Å². The summed E-state index contributed by atoms with van der Waals surface area (Å²) in [7, 11) is 1.55. The highest BCUT2D eigenvalue weighted by Crippen LogP contribution is 2.48. The molecule has 6 rings (SSSR count). The van der Waals surface area contributed by atoms with Crippen molar-refractivity contribution in [1.82, 2.24) is 15.3 Å². The standard InChI is InChI=1S/C29H25ClFN3O4/c1-28(2)14-37-26-19(28)12-23(34-25(26)17-6-7-21(31)20(30)10-17)29(15-38-29)13-33-27(35)18-9-16-5-4-8-32-24(16)22(11-18)36-3/h4-12H,13-15H2,1-3H3,(H,33,35). The van der Waals surface area contributed by atoms with Crippen LogP contribution in [0.25, 0.3) is 22.2 Å². The first kappa shape index (κ1) is 24.6. The van der Waals surface area contributed by atoms with Crippen molar-refractivity contribution in [3.05, 3.63) is 82.4 Å². The number of carbonyl (C=O) groups is 1. The lowest BCUT2D eigenvalue weighted by Gasteiger charge is -2.20. The summed E-state index contributed by atoms with van der Waals surface area (Å²) >= 11 is 6.08. The molecule has 2 aliphatic rings. The van der Waals surface area contributed by atoms with Gasteiger partial charge in [0.05, 0.1) is 37.6 Å². The molecular weight excluding hydrogens is 509 g/mol. The molecule has 1 amide bonds. The number of ether oxygens (including phenoxy) is 3. The Bertz CT molecular complexity index is 1600. The number of methoxy groups -OCH3 is 1. The number of nitrogens with zero attached hydrogens (tertiary/aromatic N) is 2. The molecule has 0 spiro atoms. The molecule has 1 N–H and O–H groups in total. The molecule has 0 radical (unpaired) electrons. The van der Waals surface area contributed by atoms with E-state index in [4.69, 9.17) is 30.8 Å². The number of halogens is 2. The maximum atomic E-state index is 13.9. The molecule has 1 saturated heterocycles.